The summed E-state index contributed by atoms with van der Waals surface area (Å²) >= 11 is 5.93. The molecule has 2 rings (SSSR count). The van der Waals surface area contributed by atoms with E-state index in [0.717, 1.165) is 18.4 Å². The molecule has 4 heteroatoms. The van der Waals surface area contributed by atoms with E-state index < -0.39 is 0 Å². The summed E-state index contributed by atoms with van der Waals surface area (Å²) in [6.07, 6.45) is 2.74. The number of nitrogens with two attached hydrogens (primary N) is 1. The van der Waals surface area contributed by atoms with E-state index in [4.69, 9.17) is 17.3 Å². The maximum absolute atomic E-state index is 11.8. The lowest BCUT2D eigenvalue weighted by Crippen LogP contribution is -2.34. The maximum Gasteiger partial charge on any atom is 0.222 e. The van der Waals surface area contributed by atoms with Crippen LogP contribution in [-0.2, 0) is 4.79 Å². The molecule has 1 aromatic rings. The third-order valence-electron chi connectivity index (χ3n) is 3.37. The Balaban J connectivity index is 1.86. The molecular formula is C14H19ClN2O. The highest BCUT2D eigenvalue weighted by Gasteiger charge is 2.30. The van der Waals surface area contributed by atoms with Crippen molar-refractivity contribution in [2.45, 2.75) is 38.3 Å². The zero-order valence-corrected chi connectivity index (χ0v) is 11.3. The van der Waals surface area contributed by atoms with Crippen molar-refractivity contribution in [3.63, 3.8) is 0 Å². The van der Waals surface area contributed by atoms with Gasteiger partial charge < -0.3 is 11.1 Å². The summed E-state index contributed by atoms with van der Waals surface area (Å²) in [5, 5.41) is 3.64. The number of nitrogens with one attached hydrogen (secondary N) is 1. The molecule has 1 unspecified atom stereocenters. The number of rotatable bonds is 5. The highest BCUT2D eigenvalue weighted by Crippen LogP contribution is 2.32. The fourth-order valence-corrected chi connectivity index (χ4v) is 2.26. The summed E-state index contributed by atoms with van der Waals surface area (Å²) in [6.45, 7) is 1.95. The van der Waals surface area contributed by atoms with E-state index in [0.29, 0.717) is 17.4 Å². The van der Waals surface area contributed by atoms with Gasteiger partial charge in [-0.25, -0.2) is 0 Å². The second-order valence-electron chi connectivity index (χ2n) is 5.05. The quantitative estimate of drug-likeness (QED) is 0.861. The van der Waals surface area contributed by atoms with E-state index in [1.807, 2.05) is 31.2 Å². The van der Waals surface area contributed by atoms with Gasteiger partial charge in [0.2, 0.25) is 5.91 Å². The summed E-state index contributed by atoms with van der Waals surface area (Å²) in [4.78, 5) is 11.8. The molecule has 1 aromatic carbocycles. The molecule has 1 amide bonds. The maximum atomic E-state index is 11.8. The Morgan fingerprint density at radius 2 is 2.28 bits per heavy atom. The van der Waals surface area contributed by atoms with Crippen LogP contribution in [0.5, 0.6) is 0 Å². The van der Waals surface area contributed by atoms with E-state index in [1.165, 1.54) is 0 Å². The minimum absolute atomic E-state index is 0.0107. The van der Waals surface area contributed by atoms with E-state index in [2.05, 4.69) is 5.32 Å². The molecule has 0 aromatic heterocycles. The van der Waals surface area contributed by atoms with Crippen LogP contribution in [0.2, 0.25) is 5.02 Å². The number of amides is 1. The molecule has 0 aliphatic heterocycles. The summed E-state index contributed by atoms with van der Waals surface area (Å²) in [7, 11) is 0. The number of carbonyl (C=O) groups excluding carboxylic acids is 1. The van der Waals surface area contributed by atoms with Crippen LogP contribution < -0.4 is 11.1 Å². The van der Waals surface area contributed by atoms with Gasteiger partial charge in [0.1, 0.15) is 0 Å². The molecule has 0 saturated heterocycles. The first-order valence-electron chi connectivity index (χ1n) is 6.36. The smallest absolute Gasteiger partial charge is 0.222 e. The third kappa shape index (κ3) is 3.72. The van der Waals surface area contributed by atoms with Crippen molar-refractivity contribution in [2.24, 2.45) is 11.7 Å². The Morgan fingerprint density at radius 3 is 2.89 bits per heavy atom. The van der Waals surface area contributed by atoms with Crippen molar-refractivity contribution < 1.29 is 4.79 Å². The van der Waals surface area contributed by atoms with E-state index in [1.54, 1.807) is 0 Å². The lowest BCUT2D eigenvalue weighted by Gasteiger charge is -2.16. The average molecular weight is 267 g/mol. The lowest BCUT2D eigenvalue weighted by atomic mass is 10.1. The first-order chi connectivity index (χ1) is 8.56. The van der Waals surface area contributed by atoms with Gasteiger partial charge in [0.15, 0.2) is 0 Å². The van der Waals surface area contributed by atoms with Crippen molar-refractivity contribution in [1.82, 2.24) is 5.32 Å². The normalized spacial score (nSPS) is 18.2. The summed E-state index contributed by atoms with van der Waals surface area (Å²) < 4.78 is 0. The summed E-state index contributed by atoms with van der Waals surface area (Å²) in [5.41, 5.74) is 6.95. The van der Waals surface area contributed by atoms with Crippen molar-refractivity contribution in [1.29, 1.82) is 0 Å². The van der Waals surface area contributed by atoms with Crippen LogP contribution in [0, 0.1) is 5.92 Å². The molecule has 98 valence electrons. The van der Waals surface area contributed by atoms with Crippen LogP contribution in [0.4, 0.5) is 0 Å². The minimum atomic E-state index is -0.0393. The minimum Gasteiger partial charge on any atom is -0.350 e. The molecule has 3 nitrogen and oxygen atoms in total. The van der Waals surface area contributed by atoms with Gasteiger partial charge in [-0.2, -0.15) is 0 Å². The Labute approximate surface area is 113 Å². The van der Waals surface area contributed by atoms with Gasteiger partial charge in [0.25, 0.3) is 0 Å². The van der Waals surface area contributed by atoms with Crippen LogP contribution in [-0.4, -0.2) is 11.9 Å². The van der Waals surface area contributed by atoms with E-state index in [-0.39, 0.29) is 18.0 Å². The Bertz CT molecular complexity index is 432. The van der Waals surface area contributed by atoms with E-state index in [9.17, 15) is 4.79 Å². The van der Waals surface area contributed by atoms with Crippen LogP contribution in [0.1, 0.15) is 37.8 Å². The topological polar surface area (TPSA) is 55.1 Å². The van der Waals surface area contributed by atoms with Crippen molar-refractivity contribution in [3.8, 4) is 0 Å². The molecule has 0 heterocycles. The summed E-state index contributed by atoms with van der Waals surface area (Å²) in [6, 6.07) is 7.50. The molecule has 1 fully saturated rings. The summed E-state index contributed by atoms with van der Waals surface area (Å²) in [5.74, 6) is 0.569. The van der Waals surface area contributed by atoms with Crippen molar-refractivity contribution >= 4 is 17.5 Å². The fourth-order valence-electron chi connectivity index (χ4n) is 2.06. The number of hydrogen-bond acceptors (Lipinski definition) is 2. The molecule has 0 spiro atoms. The lowest BCUT2D eigenvalue weighted by molar-refractivity contribution is -0.122. The van der Waals surface area contributed by atoms with E-state index >= 15 is 0 Å². The van der Waals surface area contributed by atoms with Gasteiger partial charge in [0, 0.05) is 17.5 Å². The SMILES string of the molecule is C[C@@H](NC(=O)CC(N)C1CC1)c1cccc(Cl)c1. The largest absolute Gasteiger partial charge is 0.350 e. The zero-order chi connectivity index (χ0) is 13.1. The van der Waals surface area contributed by atoms with Gasteiger partial charge in [-0.1, -0.05) is 23.7 Å². The standard InChI is InChI=1S/C14H19ClN2O/c1-9(11-3-2-4-12(15)7-11)17-14(18)8-13(16)10-5-6-10/h2-4,7,9-10,13H,5-6,8,16H2,1H3,(H,17,18)/t9-,13?/m1/s1. The molecule has 18 heavy (non-hydrogen) atoms. The van der Waals surface area contributed by atoms with Crippen molar-refractivity contribution in [3.05, 3.63) is 34.9 Å². The first kappa shape index (κ1) is 13.4. The first-order valence-corrected chi connectivity index (χ1v) is 6.74. The van der Waals surface area contributed by atoms with Gasteiger partial charge in [0.05, 0.1) is 6.04 Å². The third-order valence-corrected chi connectivity index (χ3v) is 3.61. The molecule has 0 bridgehead atoms. The molecule has 2 atom stereocenters. The number of carbonyl (C=O) groups is 1. The molecular weight excluding hydrogens is 248 g/mol. The Morgan fingerprint density at radius 1 is 1.56 bits per heavy atom. The molecule has 1 saturated carbocycles. The van der Waals surface area contributed by atoms with Gasteiger partial charge in [-0.3, -0.25) is 4.79 Å². The number of benzene rings is 1. The number of halogens is 1. The fraction of sp³-hybridized carbons (Fsp3) is 0.500. The Kier molecular flexibility index (Phi) is 4.25. The zero-order valence-electron chi connectivity index (χ0n) is 10.5. The van der Waals surface area contributed by atoms with Crippen LogP contribution in [0.15, 0.2) is 24.3 Å². The average Bonchev–Trinajstić information content (AvgIpc) is 3.12. The van der Waals surface area contributed by atoms with Gasteiger partial charge in [-0.15, -0.1) is 0 Å². The van der Waals surface area contributed by atoms with Crippen LogP contribution in [0.25, 0.3) is 0 Å². The van der Waals surface area contributed by atoms with Crippen molar-refractivity contribution in [2.75, 3.05) is 0 Å². The second kappa shape index (κ2) is 5.72. The highest BCUT2D eigenvalue weighted by atomic mass is 35.5. The predicted octanol–water partition coefficient (Wildman–Crippen LogP) is 2.64. The van der Waals surface area contributed by atoms with Crippen LogP contribution >= 0.6 is 11.6 Å². The van der Waals surface area contributed by atoms with Gasteiger partial charge in [-0.05, 0) is 43.4 Å². The van der Waals surface area contributed by atoms with Gasteiger partial charge >= 0.3 is 0 Å². The number of hydrogen-bond donors (Lipinski definition) is 2. The Hall–Kier alpha value is -1.06. The monoisotopic (exact) mass is 266 g/mol. The second-order valence-corrected chi connectivity index (χ2v) is 5.49. The molecule has 1 aliphatic rings. The predicted molar refractivity (Wildman–Crippen MR) is 73.3 cm³/mol. The molecule has 3 N–H and O–H groups in total. The molecule has 1 aliphatic carbocycles. The highest BCUT2D eigenvalue weighted by molar-refractivity contribution is 6.30. The van der Waals surface area contributed by atoms with Crippen LogP contribution in [0.3, 0.4) is 0 Å². The molecule has 0 radical (unpaired) electrons.